The summed E-state index contributed by atoms with van der Waals surface area (Å²) in [5.74, 6) is 1.55. The first-order valence-corrected chi connectivity index (χ1v) is 8.39. The third kappa shape index (κ3) is 5.15. The predicted octanol–water partition coefficient (Wildman–Crippen LogP) is 1.77. The van der Waals surface area contributed by atoms with Gasteiger partial charge in [-0.1, -0.05) is 0 Å². The molecule has 1 aliphatic rings. The van der Waals surface area contributed by atoms with E-state index in [4.69, 9.17) is 9.47 Å². The number of nitrogens with zero attached hydrogens (tertiary/aromatic N) is 1. The Morgan fingerprint density at radius 1 is 1.12 bits per heavy atom. The highest BCUT2D eigenvalue weighted by molar-refractivity contribution is 5.79. The lowest BCUT2D eigenvalue weighted by atomic mass is 10.1. The first-order chi connectivity index (χ1) is 11.6. The third-order valence-corrected chi connectivity index (χ3v) is 4.23. The number of nitrogens with one attached hydrogen (secondary N) is 1. The maximum atomic E-state index is 12.0. The average molecular weight is 334 g/mol. The Bertz CT molecular complexity index is 568. The van der Waals surface area contributed by atoms with Crippen molar-refractivity contribution < 1.29 is 19.1 Å². The van der Waals surface area contributed by atoms with Crippen LogP contribution >= 0.6 is 0 Å². The summed E-state index contributed by atoms with van der Waals surface area (Å²) in [5, 5.41) is 2.81. The summed E-state index contributed by atoms with van der Waals surface area (Å²) in [6, 6.07) is 5.54. The van der Waals surface area contributed by atoms with Crippen LogP contribution in [0, 0.1) is 0 Å². The summed E-state index contributed by atoms with van der Waals surface area (Å²) >= 11 is 0. The number of methoxy groups -OCH3 is 2. The number of hydrogen-bond donors (Lipinski definition) is 1. The van der Waals surface area contributed by atoms with E-state index in [1.807, 2.05) is 23.1 Å². The number of aryl methyl sites for hydroxylation is 1. The number of likely N-dealkylation sites (tertiary alicyclic amines) is 1. The van der Waals surface area contributed by atoms with Crippen molar-refractivity contribution in [3.05, 3.63) is 23.8 Å². The zero-order chi connectivity index (χ0) is 17.4. The Morgan fingerprint density at radius 3 is 2.54 bits per heavy atom. The van der Waals surface area contributed by atoms with Crippen molar-refractivity contribution >= 4 is 11.8 Å². The molecule has 0 atom stereocenters. The molecule has 2 rings (SSSR count). The number of ether oxygens (including phenoxy) is 2. The Balaban J connectivity index is 1.73. The third-order valence-electron chi connectivity index (χ3n) is 4.23. The molecule has 0 aliphatic carbocycles. The van der Waals surface area contributed by atoms with Crippen molar-refractivity contribution in [3.63, 3.8) is 0 Å². The molecule has 1 aromatic rings. The maximum Gasteiger partial charge on any atom is 0.224 e. The molecule has 0 saturated carbocycles. The minimum absolute atomic E-state index is 0.0610. The molecule has 1 aliphatic heterocycles. The Morgan fingerprint density at radius 2 is 1.88 bits per heavy atom. The molecule has 0 spiro atoms. The molecule has 0 unspecified atom stereocenters. The number of amides is 2. The molecular formula is C18H26N2O4. The molecule has 0 aromatic heterocycles. The van der Waals surface area contributed by atoms with E-state index < -0.39 is 0 Å². The standard InChI is InChI=1S/C18H26N2O4/c1-23-15-6-7-16(24-2)14(13-15)5-8-17(21)19-10-9-18(22)20-11-3-4-12-20/h6-7,13H,3-5,8-12H2,1-2H3,(H,19,21). The molecule has 1 heterocycles. The molecule has 1 N–H and O–H groups in total. The van der Waals surface area contributed by atoms with E-state index in [1.165, 1.54) is 0 Å². The average Bonchev–Trinajstić information content (AvgIpc) is 3.14. The van der Waals surface area contributed by atoms with Gasteiger partial charge >= 0.3 is 0 Å². The predicted molar refractivity (Wildman–Crippen MR) is 91.3 cm³/mol. The van der Waals surface area contributed by atoms with E-state index in [9.17, 15) is 9.59 Å². The fourth-order valence-corrected chi connectivity index (χ4v) is 2.85. The molecule has 132 valence electrons. The van der Waals surface area contributed by atoms with E-state index >= 15 is 0 Å². The van der Waals surface area contributed by atoms with Crippen LogP contribution < -0.4 is 14.8 Å². The molecule has 0 radical (unpaired) electrons. The Kier molecular flexibility index (Phi) is 6.90. The summed E-state index contributed by atoms with van der Waals surface area (Å²) in [6.45, 7) is 2.09. The van der Waals surface area contributed by atoms with Crippen LogP contribution in [0.15, 0.2) is 18.2 Å². The summed E-state index contributed by atoms with van der Waals surface area (Å²) in [4.78, 5) is 25.7. The highest BCUT2D eigenvalue weighted by Crippen LogP contribution is 2.25. The molecule has 2 amide bonds. The monoisotopic (exact) mass is 334 g/mol. The van der Waals surface area contributed by atoms with Crippen LogP contribution in [0.4, 0.5) is 0 Å². The maximum absolute atomic E-state index is 12.0. The fraction of sp³-hybridized carbons (Fsp3) is 0.556. The van der Waals surface area contributed by atoms with E-state index in [2.05, 4.69) is 5.32 Å². The van der Waals surface area contributed by atoms with Gasteiger partial charge in [0.25, 0.3) is 0 Å². The van der Waals surface area contributed by atoms with Crippen molar-refractivity contribution in [1.29, 1.82) is 0 Å². The van der Waals surface area contributed by atoms with Crippen LogP contribution in [0.25, 0.3) is 0 Å². The minimum Gasteiger partial charge on any atom is -0.497 e. The van der Waals surface area contributed by atoms with Crippen molar-refractivity contribution in [1.82, 2.24) is 10.2 Å². The number of hydrogen-bond acceptors (Lipinski definition) is 4. The van der Waals surface area contributed by atoms with Crippen LogP contribution in [0.5, 0.6) is 11.5 Å². The molecule has 24 heavy (non-hydrogen) atoms. The van der Waals surface area contributed by atoms with Crippen molar-refractivity contribution in [2.24, 2.45) is 0 Å². The molecule has 1 saturated heterocycles. The molecule has 0 bridgehead atoms. The normalized spacial score (nSPS) is 13.7. The summed E-state index contributed by atoms with van der Waals surface area (Å²) in [6.07, 6.45) is 3.45. The lowest BCUT2D eigenvalue weighted by molar-refractivity contribution is -0.130. The van der Waals surface area contributed by atoms with Gasteiger partial charge in [-0.15, -0.1) is 0 Å². The fourth-order valence-electron chi connectivity index (χ4n) is 2.85. The zero-order valence-electron chi connectivity index (χ0n) is 14.5. The number of carbonyl (C=O) groups excluding carboxylic acids is 2. The summed E-state index contributed by atoms with van der Waals surface area (Å²) in [5.41, 5.74) is 0.931. The smallest absolute Gasteiger partial charge is 0.224 e. The molecule has 1 fully saturated rings. The first kappa shape index (κ1) is 18.1. The summed E-state index contributed by atoms with van der Waals surface area (Å²) in [7, 11) is 3.21. The highest BCUT2D eigenvalue weighted by Gasteiger charge is 2.17. The quantitative estimate of drug-likeness (QED) is 0.787. The van der Waals surface area contributed by atoms with Gasteiger partial charge in [-0.25, -0.2) is 0 Å². The van der Waals surface area contributed by atoms with Crippen LogP contribution in [-0.4, -0.2) is 50.6 Å². The van der Waals surface area contributed by atoms with Gasteiger partial charge in [0.2, 0.25) is 11.8 Å². The second-order valence-corrected chi connectivity index (χ2v) is 5.87. The lowest BCUT2D eigenvalue weighted by Gasteiger charge is -2.15. The number of carbonyl (C=O) groups is 2. The van der Waals surface area contributed by atoms with Gasteiger partial charge < -0.3 is 19.7 Å². The van der Waals surface area contributed by atoms with E-state index in [0.717, 1.165) is 43.0 Å². The second-order valence-electron chi connectivity index (χ2n) is 5.87. The van der Waals surface area contributed by atoms with Gasteiger partial charge in [0, 0.05) is 32.5 Å². The number of rotatable bonds is 8. The topological polar surface area (TPSA) is 67.9 Å². The van der Waals surface area contributed by atoms with Gasteiger partial charge in [-0.05, 0) is 43.0 Å². The molecule has 6 heteroatoms. The van der Waals surface area contributed by atoms with E-state index in [0.29, 0.717) is 25.8 Å². The lowest BCUT2D eigenvalue weighted by Crippen LogP contribution is -2.32. The Hall–Kier alpha value is -2.24. The van der Waals surface area contributed by atoms with Crippen LogP contribution in [0.1, 0.15) is 31.2 Å². The summed E-state index contributed by atoms with van der Waals surface area (Å²) < 4.78 is 10.5. The van der Waals surface area contributed by atoms with Crippen molar-refractivity contribution in [2.75, 3.05) is 33.9 Å². The molecule has 1 aromatic carbocycles. The highest BCUT2D eigenvalue weighted by atomic mass is 16.5. The van der Waals surface area contributed by atoms with Gasteiger partial charge in [-0.3, -0.25) is 9.59 Å². The van der Waals surface area contributed by atoms with E-state index in [1.54, 1.807) is 14.2 Å². The Labute approximate surface area is 143 Å². The van der Waals surface area contributed by atoms with Gasteiger partial charge in [0.15, 0.2) is 0 Å². The van der Waals surface area contributed by atoms with Crippen LogP contribution in [0.2, 0.25) is 0 Å². The molecule has 6 nitrogen and oxygen atoms in total. The van der Waals surface area contributed by atoms with Gasteiger partial charge in [0.05, 0.1) is 14.2 Å². The largest absolute Gasteiger partial charge is 0.497 e. The SMILES string of the molecule is COc1ccc(OC)c(CCC(=O)NCCC(=O)N2CCCC2)c1. The van der Waals surface area contributed by atoms with Gasteiger partial charge in [-0.2, -0.15) is 0 Å². The van der Waals surface area contributed by atoms with Crippen LogP contribution in [-0.2, 0) is 16.0 Å². The molecular weight excluding hydrogens is 308 g/mol. The second kappa shape index (κ2) is 9.15. The van der Waals surface area contributed by atoms with Crippen LogP contribution in [0.3, 0.4) is 0 Å². The zero-order valence-corrected chi connectivity index (χ0v) is 14.5. The van der Waals surface area contributed by atoms with E-state index in [-0.39, 0.29) is 11.8 Å². The van der Waals surface area contributed by atoms with Crippen molar-refractivity contribution in [3.8, 4) is 11.5 Å². The number of benzene rings is 1. The minimum atomic E-state index is -0.0610. The first-order valence-electron chi connectivity index (χ1n) is 8.39. The van der Waals surface area contributed by atoms with Gasteiger partial charge in [0.1, 0.15) is 11.5 Å². The van der Waals surface area contributed by atoms with Crippen molar-refractivity contribution in [2.45, 2.75) is 32.1 Å².